The fourth-order valence-corrected chi connectivity index (χ4v) is 7.46. The van der Waals surface area contributed by atoms with Crippen LogP contribution in [0.3, 0.4) is 0 Å². The lowest BCUT2D eigenvalue weighted by Gasteiger charge is -2.35. The highest BCUT2D eigenvalue weighted by Crippen LogP contribution is 2.54. The van der Waals surface area contributed by atoms with Gasteiger partial charge in [-0.3, -0.25) is 14.4 Å². The Hall–Kier alpha value is -5.29. The van der Waals surface area contributed by atoms with Crippen LogP contribution in [0, 0.1) is 11.8 Å². The number of imidazole rings is 1. The van der Waals surface area contributed by atoms with Crippen LogP contribution in [0.4, 0.5) is 0 Å². The van der Waals surface area contributed by atoms with Gasteiger partial charge in [0.05, 0.1) is 50.4 Å². The second-order valence-corrected chi connectivity index (χ2v) is 13.5. The van der Waals surface area contributed by atoms with Gasteiger partial charge in [-0.25, -0.2) is 4.98 Å². The molecule has 1 aliphatic carbocycles. The van der Waals surface area contributed by atoms with E-state index in [9.17, 15) is 14.4 Å². The van der Waals surface area contributed by atoms with Crippen molar-refractivity contribution >= 4 is 40.1 Å². The van der Waals surface area contributed by atoms with E-state index in [4.69, 9.17) is 39.9 Å². The number of Topliss-reactive ketones (excluding diaryl/α,β-unsaturated/α-hetero) is 2. The number of carbonyl (C=O) groups excluding carboxylic acids is 3. The average molecular weight is 712 g/mol. The summed E-state index contributed by atoms with van der Waals surface area (Å²) in [6.45, 7) is 5.85. The highest BCUT2D eigenvalue weighted by atomic mass is 35.5. The standard InChI is InChI=1S/C39H38ClN3O8/c1-7-19(2)33(38-41-24-10-8-9-11-25(24)42-38)43-29(44)17-23-30-27(50-34(23)21-12-14-22(47-4)15-13-21)16-20(3)39(36(30)45)37(46)31-26(48-5)18-28(49-6)32(40)35(31)51-39/h8-15,18-20,33H,7,16-17H2,1-6H3,(H,41,42)(H,43,44). The van der Waals surface area contributed by atoms with Crippen LogP contribution in [0.2, 0.25) is 5.02 Å². The fourth-order valence-electron chi connectivity index (χ4n) is 7.20. The number of para-hydroxylation sites is 2. The molecule has 0 saturated carbocycles. The van der Waals surface area contributed by atoms with Crippen LogP contribution in [0.15, 0.2) is 59.0 Å². The van der Waals surface area contributed by atoms with E-state index in [1.165, 1.54) is 20.3 Å². The number of amides is 1. The molecule has 0 saturated heterocycles. The number of nitrogens with one attached hydrogen (secondary N) is 2. The van der Waals surface area contributed by atoms with Gasteiger partial charge in [-0.05, 0) is 42.3 Å². The predicted molar refractivity (Wildman–Crippen MR) is 190 cm³/mol. The first kappa shape index (κ1) is 34.2. The molecule has 0 bridgehead atoms. The summed E-state index contributed by atoms with van der Waals surface area (Å²) in [5.74, 6) is 0.220. The van der Waals surface area contributed by atoms with Gasteiger partial charge >= 0.3 is 0 Å². The molecule has 0 fully saturated rings. The summed E-state index contributed by atoms with van der Waals surface area (Å²) >= 11 is 6.66. The minimum absolute atomic E-state index is 0.0157. The van der Waals surface area contributed by atoms with E-state index in [1.54, 1.807) is 38.3 Å². The molecule has 2 aliphatic rings. The number of carbonyl (C=O) groups is 3. The van der Waals surface area contributed by atoms with Crippen LogP contribution >= 0.6 is 11.6 Å². The van der Waals surface area contributed by atoms with Gasteiger partial charge in [0.1, 0.15) is 45.2 Å². The highest BCUT2D eigenvalue weighted by Gasteiger charge is 2.63. The van der Waals surface area contributed by atoms with Crippen molar-refractivity contribution in [3.05, 3.63) is 87.9 Å². The third-order valence-electron chi connectivity index (χ3n) is 10.2. The van der Waals surface area contributed by atoms with Crippen molar-refractivity contribution in [1.82, 2.24) is 15.3 Å². The van der Waals surface area contributed by atoms with Crippen LogP contribution in [-0.4, -0.2) is 54.4 Å². The van der Waals surface area contributed by atoms with Gasteiger partial charge in [-0.2, -0.15) is 0 Å². The minimum Gasteiger partial charge on any atom is -0.497 e. The topological polar surface area (TPSA) is 142 Å². The number of benzene rings is 3. The quantitative estimate of drug-likeness (QED) is 0.142. The lowest BCUT2D eigenvalue weighted by molar-refractivity contribution is -0.121. The summed E-state index contributed by atoms with van der Waals surface area (Å²) in [5.41, 5.74) is 0.866. The predicted octanol–water partition coefficient (Wildman–Crippen LogP) is 7.34. The number of aromatic amines is 1. The van der Waals surface area contributed by atoms with E-state index >= 15 is 0 Å². The van der Waals surface area contributed by atoms with E-state index in [1.807, 2.05) is 38.1 Å². The Morgan fingerprint density at radius 2 is 1.75 bits per heavy atom. The lowest BCUT2D eigenvalue weighted by Crippen LogP contribution is -2.56. The maximum absolute atomic E-state index is 15.0. The van der Waals surface area contributed by atoms with Crippen molar-refractivity contribution in [3.8, 4) is 34.3 Å². The second kappa shape index (κ2) is 13.1. The molecule has 12 heteroatoms. The number of furan rings is 1. The van der Waals surface area contributed by atoms with Gasteiger partial charge < -0.3 is 33.7 Å². The van der Waals surface area contributed by atoms with Crippen LogP contribution in [0.5, 0.6) is 23.0 Å². The molecule has 4 unspecified atom stereocenters. The van der Waals surface area contributed by atoms with Crippen molar-refractivity contribution in [2.24, 2.45) is 11.8 Å². The van der Waals surface area contributed by atoms with Gasteiger partial charge in [-0.15, -0.1) is 0 Å². The fraction of sp³-hybridized carbons (Fsp3) is 0.333. The van der Waals surface area contributed by atoms with Gasteiger partial charge in [0, 0.05) is 29.5 Å². The molecule has 1 spiro atoms. The maximum atomic E-state index is 15.0. The number of ether oxygens (including phenoxy) is 4. The third kappa shape index (κ3) is 5.42. The number of ketones is 2. The number of hydrogen-bond acceptors (Lipinski definition) is 9. The number of aromatic nitrogens is 2. The lowest BCUT2D eigenvalue weighted by atomic mass is 9.70. The minimum atomic E-state index is -1.97. The van der Waals surface area contributed by atoms with E-state index < -0.39 is 29.1 Å². The van der Waals surface area contributed by atoms with Gasteiger partial charge in [-0.1, -0.05) is 50.9 Å². The average Bonchev–Trinajstić information content (AvgIpc) is 3.82. The molecule has 7 rings (SSSR count). The molecule has 1 amide bonds. The molecule has 11 nitrogen and oxygen atoms in total. The van der Waals surface area contributed by atoms with Crippen LogP contribution in [0.1, 0.15) is 71.1 Å². The molecular formula is C39H38ClN3O8. The van der Waals surface area contributed by atoms with Gasteiger partial charge in [0.2, 0.25) is 23.1 Å². The normalized spacial score (nSPS) is 19.0. The van der Waals surface area contributed by atoms with Crippen molar-refractivity contribution in [3.63, 3.8) is 0 Å². The number of nitrogens with zero attached hydrogens (tertiary/aromatic N) is 1. The SMILES string of the molecule is CCC(C)C(NC(=O)Cc1c(-c2ccc(OC)cc2)oc2c1C(=O)C1(Oc3c(Cl)c(OC)cc(OC)c3C1=O)C(C)C2)c1nc2ccccc2[nH]1. The molecule has 4 atom stereocenters. The summed E-state index contributed by atoms with van der Waals surface area (Å²) in [7, 11) is 4.42. The first-order chi connectivity index (χ1) is 24.6. The summed E-state index contributed by atoms with van der Waals surface area (Å²) in [4.78, 5) is 51.7. The van der Waals surface area contributed by atoms with Crippen molar-refractivity contribution in [1.29, 1.82) is 0 Å². The molecule has 3 aromatic carbocycles. The van der Waals surface area contributed by atoms with E-state index in [2.05, 4.69) is 10.3 Å². The van der Waals surface area contributed by atoms with E-state index in [0.29, 0.717) is 34.2 Å². The number of halogens is 1. The van der Waals surface area contributed by atoms with Crippen LogP contribution < -0.4 is 24.3 Å². The van der Waals surface area contributed by atoms with Crippen molar-refractivity contribution in [2.45, 2.75) is 51.7 Å². The summed E-state index contributed by atoms with van der Waals surface area (Å²) < 4.78 is 29.2. The van der Waals surface area contributed by atoms with E-state index in [0.717, 1.165) is 17.5 Å². The van der Waals surface area contributed by atoms with Crippen molar-refractivity contribution in [2.75, 3.05) is 21.3 Å². The monoisotopic (exact) mass is 711 g/mol. The van der Waals surface area contributed by atoms with Gasteiger partial charge in [0.15, 0.2) is 5.75 Å². The van der Waals surface area contributed by atoms with E-state index in [-0.39, 0.29) is 58.1 Å². The molecular weight excluding hydrogens is 674 g/mol. The molecule has 1 aliphatic heterocycles. The molecule has 3 heterocycles. The zero-order chi connectivity index (χ0) is 36.2. The zero-order valence-corrected chi connectivity index (χ0v) is 29.9. The number of fused-ring (bicyclic) bond motifs is 3. The number of rotatable bonds is 10. The number of methoxy groups -OCH3 is 3. The Morgan fingerprint density at radius 3 is 2.41 bits per heavy atom. The molecule has 0 radical (unpaired) electrons. The smallest absolute Gasteiger partial charge is 0.237 e. The number of hydrogen-bond donors (Lipinski definition) is 2. The van der Waals surface area contributed by atoms with Crippen LogP contribution in [0.25, 0.3) is 22.4 Å². The maximum Gasteiger partial charge on any atom is 0.237 e. The van der Waals surface area contributed by atoms with Crippen molar-refractivity contribution < 1.29 is 37.7 Å². The Balaban J connectivity index is 1.32. The molecule has 51 heavy (non-hydrogen) atoms. The second-order valence-electron chi connectivity index (χ2n) is 13.1. The first-order valence-electron chi connectivity index (χ1n) is 16.8. The molecule has 264 valence electrons. The zero-order valence-electron chi connectivity index (χ0n) is 29.1. The summed E-state index contributed by atoms with van der Waals surface area (Å²) in [6.07, 6.45) is 0.732. The number of H-pyrrole nitrogens is 1. The van der Waals surface area contributed by atoms with Crippen LogP contribution in [-0.2, 0) is 17.6 Å². The summed E-state index contributed by atoms with van der Waals surface area (Å²) in [5, 5.41) is 3.23. The molecule has 5 aromatic rings. The molecule has 2 aromatic heterocycles. The molecule has 2 N–H and O–H groups in total. The Labute approximate surface area is 299 Å². The first-order valence-corrected chi connectivity index (χ1v) is 17.2. The Morgan fingerprint density at radius 1 is 1.04 bits per heavy atom. The Bertz CT molecular complexity index is 2160. The van der Waals surface area contributed by atoms with Gasteiger partial charge in [0.25, 0.3) is 0 Å². The third-order valence-corrected chi connectivity index (χ3v) is 10.5. The summed E-state index contributed by atoms with van der Waals surface area (Å²) in [6, 6.07) is 15.9. The highest BCUT2D eigenvalue weighted by molar-refractivity contribution is 6.36. The Kier molecular flexibility index (Phi) is 8.79. The largest absolute Gasteiger partial charge is 0.497 e.